The molecule has 1 atom stereocenters. The van der Waals surface area contributed by atoms with E-state index >= 15 is 0 Å². The Morgan fingerprint density at radius 3 is 3.07 bits per heavy atom. The monoisotopic (exact) mass is 235 g/mol. The highest BCUT2D eigenvalue weighted by Crippen LogP contribution is 2.20. The van der Waals surface area contributed by atoms with Crippen LogP contribution in [0.1, 0.15) is 19.3 Å². The predicted molar refractivity (Wildman–Crippen MR) is 63.0 cm³/mol. The first-order valence-corrected chi connectivity index (χ1v) is 7.03. The van der Waals surface area contributed by atoms with Crippen molar-refractivity contribution in [2.24, 2.45) is 5.92 Å². The van der Waals surface area contributed by atoms with Crippen molar-refractivity contribution in [2.75, 3.05) is 31.0 Å². The van der Waals surface area contributed by atoms with E-state index in [4.69, 9.17) is 11.6 Å². The molecule has 1 aliphatic rings. The van der Waals surface area contributed by atoms with E-state index in [1.54, 1.807) is 11.8 Å². The van der Waals surface area contributed by atoms with Gasteiger partial charge in [-0.3, -0.25) is 4.79 Å². The van der Waals surface area contributed by atoms with E-state index in [1.165, 1.54) is 6.42 Å². The smallest absolute Gasteiger partial charge is 0.232 e. The first-order valence-electron chi connectivity index (χ1n) is 5.10. The maximum atomic E-state index is 11.6. The number of carbonyl (C=O) groups is 1. The Kier molecular flexibility index (Phi) is 5.71. The van der Waals surface area contributed by atoms with Crippen LogP contribution in [0.15, 0.2) is 0 Å². The number of hydrogen-bond acceptors (Lipinski definition) is 2. The van der Waals surface area contributed by atoms with E-state index < -0.39 is 0 Å². The summed E-state index contributed by atoms with van der Waals surface area (Å²) in [6.45, 7) is 1.87. The Labute approximate surface area is 95.4 Å². The first-order chi connectivity index (χ1) is 6.77. The van der Waals surface area contributed by atoms with Crippen LogP contribution in [-0.2, 0) is 4.79 Å². The van der Waals surface area contributed by atoms with Crippen LogP contribution in [0, 0.1) is 5.92 Å². The summed E-state index contributed by atoms with van der Waals surface area (Å²) in [5.41, 5.74) is 0. The molecule has 14 heavy (non-hydrogen) atoms. The number of carbonyl (C=O) groups excluding carboxylic acids is 1. The van der Waals surface area contributed by atoms with E-state index in [0.717, 1.165) is 31.8 Å². The van der Waals surface area contributed by atoms with E-state index in [1.807, 2.05) is 11.2 Å². The number of alkyl halides is 1. The van der Waals surface area contributed by atoms with Crippen molar-refractivity contribution in [3.63, 3.8) is 0 Å². The highest BCUT2D eigenvalue weighted by molar-refractivity contribution is 7.99. The Balaban J connectivity index is 2.35. The molecule has 4 heteroatoms. The maximum Gasteiger partial charge on any atom is 0.232 e. The van der Waals surface area contributed by atoms with Gasteiger partial charge in [-0.25, -0.2) is 0 Å². The van der Waals surface area contributed by atoms with Gasteiger partial charge < -0.3 is 4.90 Å². The summed E-state index contributed by atoms with van der Waals surface area (Å²) in [7, 11) is 0. The number of piperidine rings is 1. The standard InChI is InChI=1S/C10H18ClNOS/c1-14-8-10(13)12-6-2-3-9(7-12)4-5-11/h9H,2-8H2,1H3. The van der Waals surface area contributed by atoms with Crippen LogP contribution in [0.3, 0.4) is 0 Å². The highest BCUT2D eigenvalue weighted by atomic mass is 35.5. The van der Waals surface area contributed by atoms with Gasteiger partial charge in [-0.1, -0.05) is 0 Å². The Hall–Kier alpha value is 0.110. The number of halogens is 1. The van der Waals surface area contributed by atoms with Crippen molar-refractivity contribution in [1.29, 1.82) is 0 Å². The van der Waals surface area contributed by atoms with Gasteiger partial charge in [0.25, 0.3) is 0 Å². The fourth-order valence-electron chi connectivity index (χ4n) is 1.90. The van der Waals surface area contributed by atoms with Crippen LogP contribution in [0.2, 0.25) is 0 Å². The number of likely N-dealkylation sites (tertiary alicyclic amines) is 1. The minimum absolute atomic E-state index is 0.289. The van der Waals surface area contributed by atoms with Crippen molar-refractivity contribution >= 4 is 29.3 Å². The van der Waals surface area contributed by atoms with Crippen molar-refractivity contribution in [1.82, 2.24) is 4.90 Å². The Morgan fingerprint density at radius 1 is 1.64 bits per heavy atom. The predicted octanol–water partition coefficient (Wildman–Crippen LogP) is 2.22. The minimum atomic E-state index is 0.289. The molecule has 0 aromatic carbocycles. The molecule has 1 unspecified atom stereocenters. The van der Waals surface area contributed by atoms with Crippen LogP contribution in [0.5, 0.6) is 0 Å². The van der Waals surface area contributed by atoms with Gasteiger partial charge in [-0.05, 0) is 31.4 Å². The van der Waals surface area contributed by atoms with Crippen molar-refractivity contribution in [3.8, 4) is 0 Å². The lowest BCUT2D eigenvalue weighted by Crippen LogP contribution is -2.40. The van der Waals surface area contributed by atoms with Gasteiger partial charge in [0.2, 0.25) is 5.91 Å². The molecular weight excluding hydrogens is 218 g/mol. The lowest BCUT2D eigenvalue weighted by molar-refractivity contribution is -0.130. The second kappa shape index (κ2) is 6.57. The summed E-state index contributed by atoms with van der Waals surface area (Å²) >= 11 is 7.32. The minimum Gasteiger partial charge on any atom is -0.342 e. The van der Waals surface area contributed by atoms with E-state index in [9.17, 15) is 4.79 Å². The Bertz CT molecular complexity index is 187. The summed E-state index contributed by atoms with van der Waals surface area (Å²) in [6, 6.07) is 0. The molecule has 0 saturated carbocycles. The molecule has 1 rings (SSSR count). The van der Waals surface area contributed by atoms with Gasteiger partial charge in [0, 0.05) is 19.0 Å². The molecule has 0 aliphatic carbocycles. The zero-order valence-corrected chi connectivity index (χ0v) is 10.2. The fraction of sp³-hybridized carbons (Fsp3) is 0.900. The van der Waals surface area contributed by atoms with E-state index in [0.29, 0.717) is 11.7 Å². The third-order valence-corrected chi connectivity index (χ3v) is 3.41. The van der Waals surface area contributed by atoms with Crippen LogP contribution < -0.4 is 0 Å². The summed E-state index contributed by atoms with van der Waals surface area (Å²) in [5.74, 6) is 2.26. The van der Waals surface area contributed by atoms with E-state index in [2.05, 4.69) is 0 Å². The van der Waals surface area contributed by atoms with E-state index in [-0.39, 0.29) is 5.91 Å². The summed E-state index contributed by atoms with van der Waals surface area (Å²) in [6.07, 6.45) is 5.39. The zero-order chi connectivity index (χ0) is 10.4. The molecule has 1 saturated heterocycles. The SMILES string of the molecule is CSCC(=O)N1CCCC(CCCl)C1. The molecular formula is C10H18ClNOS. The van der Waals surface area contributed by atoms with Gasteiger partial charge in [0.05, 0.1) is 5.75 Å². The molecule has 0 radical (unpaired) electrons. The summed E-state index contributed by atoms with van der Waals surface area (Å²) < 4.78 is 0. The highest BCUT2D eigenvalue weighted by Gasteiger charge is 2.22. The largest absolute Gasteiger partial charge is 0.342 e. The number of amides is 1. The molecule has 1 heterocycles. The van der Waals surface area contributed by atoms with Gasteiger partial charge >= 0.3 is 0 Å². The van der Waals surface area contributed by atoms with Crippen molar-refractivity contribution in [3.05, 3.63) is 0 Å². The molecule has 0 aromatic rings. The second-order valence-corrected chi connectivity index (χ2v) is 5.00. The van der Waals surface area contributed by atoms with Crippen LogP contribution in [0.25, 0.3) is 0 Å². The maximum absolute atomic E-state index is 11.6. The number of nitrogens with zero attached hydrogens (tertiary/aromatic N) is 1. The zero-order valence-electron chi connectivity index (χ0n) is 8.67. The number of rotatable bonds is 4. The number of hydrogen-bond donors (Lipinski definition) is 0. The quantitative estimate of drug-likeness (QED) is 0.697. The second-order valence-electron chi connectivity index (χ2n) is 3.76. The fourth-order valence-corrected chi connectivity index (χ4v) is 2.63. The molecule has 0 N–H and O–H groups in total. The summed E-state index contributed by atoms with van der Waals surface area (Å²) in [5, 5.41) is 0. The third kappa shape index (κ3) is 3.70. The molecule has 2 nitrogen and oxygen atoms in total. The lowest BCUT2D eigenvalue weighted by atomic mass is 9.96. The van der Waals surface area contributed by atoms with Gasteiger partial charge in [-0.15, -0.1) is 11.6 Å². The van der Waals surface area contributed by atoms with Crippen LogP contribution in [0.4, 0.5) is 0 Å². The molecule has 0 spiro atoms. The van der Waals surface area contributed by atoms with Crippen LogP contribution in [-0.4, -0.2) is 41.8 Å². The van der Waals surface area contributed by atoms with Gasteiger partial charge in [0.1, 0.15) is 0 Å². The molecule has 1 aliphatic heterocycles. The molecule has 82 valence electrons. The third-order valence-electron chi connectivity index (χ3n) is 2.66. The van der Waals surface area contributed by atoms with Crippen LogP contribution >= 0.6 is 23.4 Å². The topological polar surface area (TPSA) is 20.3 Å². The normalized spacial score (nSPS) is 22.4. The summed E-state index contributed by atoms with van der Waals surface area (Å²) in [4.78, 5) is 13.6. The van der Waals surface area contributed by atoms with Crippen molar-refractivity contribution < 1.29 is 4.79 Å². The van der Waals surface area contributed by atoms with Crippen molar-refractivity contribution in [2.45, 2.75) is 19.3 Å². The molecule has 0 aromatic heterocycles. The lowest BCUT2D eigenvalue weighted by Gasteiger charge is -2.32. The molecule has 1 fully saturated rings. The average molecular weight is 236 g/mol. The first kappa shape index (κ1) is 12.2. The van der Waals surface area contributed by atoms with Gasteiger partial charge in [0.15, 0.2) is 0 Å². The molecule has 0 bridgehead atoms. The van der Waals surface area contributed by atoms with Gasteiger partial charge in [-0.2, -0.15) is 11.8 Å². The number of thioether (sulfide) groups is 1. The molecule has 1 amide bonds. The Morgan fingerprint density at radius 2 is 2.43 bits per heavy atom. The average Bonchev–Trinajstić information content (AvgIpc) is 2.19.